The number of carbonyl (C=O) groups excluding carboxylic acids is 1. The monoisotopic (exact) mass is 426 g/mol. The number of thioether (sulfide) groups is 1. The van der Waals surface area contributed by atoms with Gasteiger partial charge in [-0.3, -0.25) is 9.69 Å². The highest BCUT2D eigenvalue weighted by molar-refractivity contribution is 7.98. The highest BCUT2D eigenvalue weighted by Crippen LogP contribution is 2.31. The number of rotatable bonds is 7. The van der Waals surface area contributed by atoms with Crippen molar-refractivity contribution in [3.05, 3.63) is 72.6 Å². The first-order chi connectivity index (χ1) is 14.1. The maximum atomic E-state index is 13.6. The number of thiazole rings is 1. The zero-order chi connectivity index (χ0) is 20.2. The third kappa shape index (κ3) is 4.49. The van der Waals surface area contributed by atoms with Gasteiger partial charge in [-0.25, -0.2) is 14.4 Å². The van der Waals surface area contributed by atoms with E-state index in [1.807, 2.05) is 41.3 Å². The first-order valence-electron chi connectivity index (χ1n) is 9.12. The van der Waals surface area contributed by atoms with Gasteiger partial charge in [0.25, 0.3) is 5.91 Å². The number of anilines is 1. The molecule has 0 bridgehead atoms. The second-order valence-electron chi connectivity index (χ2n) is 6.45. The molecule has 5 nitrogen and oxygen atoms in total. The van der Waals surface area contributed by atoms with Crippen molar-refractivity contribution in [2.45, 2.75) is 17.9 Å². The van der Waals surface area contributed by atoms with E-state index >= 15 is 0 Å². The zero-order valence-corrected chi connectivity index (χ0v) is 17.4. The Morgan fingerprint density at radius 2 is 2.17 bits per heavy atom. The van der Waals surface area contributed by atoms with E-state index in [4.69, 9.17) is 0 Å². The lowest BCUT2D eigenvalue weighted by molar-refractivity contribution is 0.0986. The SMILES string of the molecule is CSc1cccc(C(=O)N(CCCn2ccnc2)c2nc3ccc(F)cc3s2)c1. The lowest BCUT2D eigenvalue weighted by Gasteiger charge is -2.20. The van der Waals surface area contributed by atoms with Crippen molar-refractivity contribution in [1.82, 2.24) is 14.5 Å². The number of fused-ring (bicyclic) bond motifs is 1. The minimum absolute atomic E-state index is 0.106. The molecular weight excluding hydrogens is 407 g/mol. The molecule has 29 heavy (non-hydrogen) atoms. The smallest absolute Gasteiger partial charge is 0.260 e. The number of hydrogen-bond donors (Lipinski definition) is 0. The van der Waals surface area contributed by atoms with Gasteiger partial charge in [0.15, 0.2) is 5.13 Å². The summed E-state index contributed by atoms with van der Waals surface area (Å²) >= 11 is 2.92. The minimum Gasteiger partial charge on any atom is -0.337 e. The molecule has 0 aliphatic carbocycles. The summed E-state index contributed by atoms with van der Waals surface area (Å²) in [6.45, 7) is 1.25. The van der Waals surface area contributed by atoms with Crippen molar-refractivity contribution < 1.29 is 9.18 Å². The molecule has 148 valence electrons. The second kappa shape index (κ2) is 8.75. The molecule has 4 aromatic rings. The summed E-state index contributed by atoms with van der Waals surface area (Å²) in [5.74, 6) is -0.413. The van der Waals surface area contributed by atoms with Crippen LogP contribution in [0.4, 0.5) is 9.52 Å². The Bertz CT molecular complexity index is 1130. The average molecular weight is 427 g/mol. The van der Waals surface area contributed by atoms with Crippen molar-refractivity contribution in [3.8, 4) is 0 Å². The highest BCUT2D eigenvalue weighted by Gasteiger charge is 2.21. The molecule has 1 amide bonds. The number of amides is 1. The Morgan fingerprint density at radius 3 is 2.97 bits per heavy atom. The summed E-state index contributed by atoms with van der Waals surface area (Å²) < 4.78 is 16.3. The highest BCUT2D eigenvalue weighted by atomic mass is 32.2. The number of imidazole rings is 1. The van der Waals surface area contributed by atoms with Crippen molar-refractivity contribution in [2.24, 2.45) is 0 Å². The molecule has 2 heterocycles. The molecule has 2 aromatic carbocycles. The number of carbonyl (C=O) groups is 1. The Kier molecular flexibility index (Phi) is 5.92. The van der Waals surface area contributed by atoms with E-state index in [2.05, 4.69) is 9.97 Å². The average Bonchev–Trinajstić information content (AvgIpc) is 3.40. The summed E-state index contributed by atoms with van der Waals surface area (Å²) in [4.78, 5) is 24.7. The zero-order valence-electron chi connectivity index (χ0n) is 15.8. The molecule has 0 aliphatic rings. The van der Waals surface area contributed by atoms with Crippen LogP contribution in [0.2, 0.25) is 0 Å². The number of halogens is 1. The number of nitrogens with zero attached hydrogens (tertiary/aromatic N) is 4. The normalized spacial score (nSPS) is 11.1. The van der Waals surface area contributed by atoms with E-state index in [-0.39, 0.29) is 11.7 Å². The van der Waals surface area contributed by atoms with Crippen LogP contribution in [0.1, 0.15) is 16.8 Å². The van der Waals surface area contributed by atoms with Gasteiger partial charge in [0.2, 0.25) is 0 Å². The van der Waals surface area contributed by atoms with Crippen LogP contribution in [0.15, 0.2) is 66.1 Å². The van der Waals surface area contributed by atoms with Crippen LogP contribution in [-0.4, -0.2) is 33.2 Å². The molecule has 0 aliphatic heterocycles. The second-order valence-corrected chi connectivity index (χ2v) is 8.34. The van der Waals surface area contributed by atoms with Gasteiger partial charge in [-0.1, -0.05) is 17.4 Å². The standard InChI is InChI=1S/C21H19FN4OS2/c1-28-17-5-2-4-15(12-17)20(27)26(10-3-9-25-11-8-23-14-25)21-24-18-7-6-16(22)13-19(18)29-21/h2,4-8,11-14H,3,9-10H2,1H3. The van der Waals surface area contributed by atoms with E-state index in [1.165, 1.54) is 23.5 Å². The van der Waals surface area contributed by atoms with Gasteiger partial charge >= 0.3 is 0 Å². The first-order valence-corrected chi connectivity index (χ1v) is 11.2. The summed E-state index contributed by atoms with van der Waals surface area (Å²) in [6, 6.07) is 12.1. The number of aryl methyl sites for hydroxylation is 1. The lowest BCUT2D eigenvalue weighted by Crippen LogP contribution is -2.32. The Balaban J connectivity index is 1.64. The van der Waals surface area contributed by atoms with Crippen LogP contribution in [-0.2, 0) is 6.54 Å². The topological polar surface area (TPSA) is 51.0 Å². The van der Waals surface area contributed by atoms with Crippen molar-refractivity contribution in [1.29, 1.82) is 0 Å². The molecular formula is C21H19FN4OS2. The third-order valence-electron chi connectivity index (χ3n) is 4.49. The molecule has 0 atom stereocenters. The van der Waals surface area contributed by atoms with Crippen molar-refractivity contribution >= 4 is 44.4 Å². The van der Waals surface area contributed by atoms with E-state index in [1.54, 1.807) is 35.3 Å². The largest absolute Gasteiger partial charge is 0.337 e. The third-order valence-corrected chi connectivity index (χ3v) is 6.26. The Morgan fingerprint density at radius 1 is 1.28 bits per heavy atom. The fraction of sp³-hybridized carbons (Fsp3) is 0.190. The molecule has 0 spiro atoms. The van der Waals surface area contributed by atoms with Gasteiger partial charge in [0.05, 0.1) is 16.5 Å². The fourth-order valence-corrected chi connectivity index (χ4v) is 4.50. The molecule has 2 aromatic heterocycles. The van der Waals surface area contributed by atoms with Gasteiger partial charge in [-0.15, -0.1) is 11.8 Å². The van der Waals surface area contributed by atoms with Crippen LogP contribution in [0.3, 0.4) is 0 Å². The first kappa shape index (κ1) is 19.6. The summed E-state index contributed by atoms with van der Waals surface area (Å²) in [7, 11) is 0. The van der Waals surface area contributed by atoms with E-state index in [0.717, 1.165) is 22.6 Å². The molecule has 0 fully saturated rings. The molecule has 0 N–H and O–H groups in total. The van der Waals surface area contributed by atoms with Crippen LogP contribution in [0.25, 0.3) is 10.2 Å². The van der Waals surface area contributed by atoms with Gasteiger partial charge in [-0.05, 0) is 49.1 Å². The Hall–Kier alpha value is -2.71. The van der Waals surface area contributed by atoms with Crippen molar-refractivity contribution in [3.63, 3.8) is 0 Å². The van der Waals surface area contributed by atoms with E-state index < -0.39 is 0 Å². The molecule has 0 radical (unpaired) electrons. The van der Waals surface area contributed by atoms with Gasteiger partial charge < -0.3 is 4.57 Å². The molecule has 4 rings (SSSR count). The van der Waals surface area contributed by atoms with E-state index in [9.17, 15) is 9.18 Å². The lowest BCUT2D eigenvalue weighted by atomic mass is 10.2. The summed E-state index contributed by atoms with van der Waals surface area (Å²) in [5, 5.41) is 0.579. The predicted octanol–water partition coefficient (Wildman–Crippen LogP) is 5.09. The molecule has 0 saturated heterocycles. The quantitative estimate of drug-likeness (QED) is 0.386. The number of hydrogen-bond acceptors (Lipinski definition) is 5. The van der Waals surface area contributed by atoms with Gasteiger partial charge in [-0.2, -0.15) is 0 Å². The Labute approximate surface area is 176 Å². The van der Waals surface area contributed by atoms with Crippen LogP contribution in [0, 0.1) is 5.82 Å². The van der Waals surface area contributed by atoms with Gasteiger partial charge in [0.1, 0.15) is 5.82 Å². The maximum absolute atomic E-state index is 13.6. The van der Waals surface area contributed by atoms with Crippen LogP contribution >= 0.6 is 23.1 Å². The minimum atomic E-state index is -0.307. The summed E-state index contributed by atoms with van der Waals surface area (Å²) in [6.07, 6.45) is 8.12. The fourth-order valence-electron chi connectivity index (χ4n) is 3.03. The number of aromatic nitrogens is 3. The molecule has 0 unspecified atom stereocenters. The molecule has 8 heteroatoms. The van der Waals surface area contributed by atoms with Crippen LogP contribution in [0.5, 0.6) is 0 Å². The van der Waals surface area contributed by atoms with E-state index in [0.29, 0.717) is 22.8 Å². The molecule has 0 saturated carbocycles. The maximum Gasteiger partial charge on any atom is 0.260 e. The predicted molar refractivity (Wildman–Crippen MR) is 116 cm³/mol. The van der Waals surface area contributed by atoms with Gasteiger partial charge in [0, 0.05) is 35.9 Å². The summed E-state index contributed by atoms with van der Waals surface area (Å²) in [5.41, 5.74) is 1.31. The van der Waals surface area contributed by atoms with Crippen molar-refractivity contribution in [2.75, 3.05) is 17.7 Å². The van der Waals surface area contributed by atoms with Crippen LogP contribution < -0.4 is 4.90 Å². The number of benzene rings is 2.